The minimum atomic E-state index is -5.01. The van der Waals surface area contributed by atoms with Gasteiger partial charge in [0, 0.05) is 19.3 Å². The van der Waals surface area contributed by atoms with E-state index in [0.29, 0.717) is 25.7 Å². The number of carbonyl (C=O) groups is 4. The predicted molar refractivity (Wildman–Crippen MR) is 445 cm³/mol. The van der Waals surface area contributed by atoms with Crippen molar-refractivity contribution in [2.45, 2.75) is 341 Å². The van der Waals surface area contributed by atoms with Gasteiger partial charge in [0.2, 0.25) is 0 Å². The second kappa shape index (κ2) is 79.8. The third-order valence-electron chi connectivity index (χ3n) is 17.0. The SMILES string of the molecule is CC/C=C\C/C=C\C/C=C\C/C=C\C/C=C\CC(=O)OC(COC(=O)CCCCCCCC/C=C\C/C=C\C/C=C\C/C=C\CC)COP(=O)(O)OCC(O)COP(=O)(O)OCC(COC(=O)CCCCCCCC/C=C\C/C=C\C/C=C\C/C=C\CC)OC(=O)CCCCCCCCCCCCCCCCC. The zero-order valence-electron chi connectivity index (χ0n) is 67.5. The van der Waals surface area contributed by atoms with E-state index < -0.39 is 97.5 Å². The standard InChI is InChI=1S/C89H148O17P2/c1-5-9-13-17-21-25-29-33-37-39-41-43-47-49-53-57-61-65-69-73-86(91)99-79-84(105-88(93)75-71-67-63-59-55-51-45-35-31-27-23-19-15-11-7-3)81-103-107(95,96)101-77-83(90)78-102-108(97,98)104-82-85(106-89(94)76-72-68-64-60-56-52-46-36-32-28-24-20-16-12-8-4)80-100-87(92)74-70-66-62-58-54-50-48-44-42-40-38-34-30-26-22-18-14-10-6-2/h9-11,13-15,21-23,25-27,33-35,37-38,41-45,55,59,67,71,83-85,90H,5-8,12,16-20,24,28-32,36,39-40,46-54,56-58,60-66,68-70,72-82H2,1-4H3,(H,95,96)(H,97,98)/b13-9-,14-10-,15-11-,25-21-,26-22-,27-23-,37-33-,38-34-,43-41-,44-42-,45-35-,59-55-,71-67-. The van der Waals surface area contributed by atoms with E-state index in [1.54, 1.807) is 12.2 Å². The van der Waals surface area contributed by atoms with Crippen molar-refractivity contribution >= 4 is 39.5 Å². The van der Waals surface area contributed by atoms with Crippen LogP contribution in [0.25, 0.3) is 0 Å². The van der Waals surface area contributed by atoms with Crippen molar-refractivity contribution in [1.29, 1.82) is 0 Å². The number of allylic oxidation sites excluding steroid dienone is 25. The van der Waals surface area contributed by atoms with Crippen LogP contribution in [-0.4, -0.2) is 96.7 Å². The summed E-state index contributed by atoms with van der Waals surface area (Å²) < 4.78 is 68.6. The molecule has 0 saturated carbocycles. The summed E-state index contributed by atoms with van der Waals surface area (Å²) in [6, 6.07) is 0. The van der Waals surface area contributed by atoms with Gasteiger partial charge in [0.15, 0.2) is 12.2 Å². The monoisotopic (exact) mass is 1550 g/mol. The number of aliphatic hydroxyl groups is 1. The highest BCUT2D eigenvalue weighted by Gasteiger charge is 2.30. The van der Waals surface area contributed by atoms with E-state index in [2.05, 4.69) is 161 Å². The number of ether oxygens (including phenoxy) is 4. The van der Waals surface area contributed by atoms with Crippen LogP contribution in [0, 0.1) is 0 Å². The van der Waals surface area contributed by atoms with Gasteiger partial charge in [-0.25, -0.2) is 9.13 Å². The van der Waals surface area contributed by atoms with Gasteiger partial charge in [-0.15, -0.1) is 0 Å². The number of hydrogen-bond acceptors (Lipinski definition) is 15. The fourth-order valence-electron chi connectivity index (χ4n) is 10.8. The zero-order valence-corrected chi connectivity index (χ0v) is 69.3. The molecule has 5 atom stereocenters. The van der Waals surface area contributed by atoms with E-state index in [-0.39, 0.29) is 25.7 Å². The molecule has 0 aromatic carbocycles. The molecule has 5 unspecified atom stereocenters. The van der Waals surface area contributed by atoms with Crippen LogP contribution in [0.15, 0.2) is 158 Å². The van der Waals surface area contributed by atoms with Gasteiger partial charge in [0.05, 0.1) is 32.8 Å². The van der Waals surface area contributed by atoms with Crippen LogP contribution in [0.5, 0.6) is 0 Å². The van der Waals surface area contributed by atoms with Crippen LogP contribution in [-0.2, 0) is 65.4 Å². The van der Waals surface area contributed by atoms with Crippen molar-refractivity contribution in [1.82, 2.24) is 0 Å². The Hall–Kier alpha value is -5.32. The maximum atomic E-state index is 13.1. The predicted octanol–water partition coefficient (Wildman–Crippen LogP) is 24.8. The van der Waals surface area contributed by atoms with Crippen LogP contribution in [0.1, 0.15) is 323 Å². The summed E-state index contributed by atoms with van der Waals surface area (Å²) >= 11 is 0. The highest BCUT2D eigenvalue weighted by Crippen LogP contribution is 2.45. The summed E-state index contributed by atoms with van der Waals surface area (Å²) in [6.07, 6.45) is 93.8. The Morgan fingerprint density at radius 2 is 0.519 bits per heavy atom. The molecular weight excluding hydrogens is 1400 g/mol. The third kappa shape index (κ3) is 78.8. The van der Waals surface area contributed by atoms with Crippen LogP contribution in [0.4, 0.5) is 0 Å². The number of rotatable bonds is 77. The minimum Gasteiger partial charge on any atom is -0.462 e. The Kier molecular flexibility index (Phi) is 75.8. The molecule has 0 aromatic heterocycles. The summed E-state index contributed by atoms with van der Waals surface area (Å²) in [5.41, 5.74) is 0. The Morgan fingerprint density at radius 3 is 0.824 bits per heavy atom. The number of unbranched alkanes of at least 4 members (excludes halogenated alkanes) is 26. The average Bonchev–Trinajstić information content (AvgIpc) is 0.907. The molecule has 0 rings (SSSR count). The van der Waals surface area contributed by atoms with Crippen LogP contribution in [0.3, 0.4) is 0 Å². The van der Waals surface area contributed by atoms with Gasteiger partial charge in [-0.05, 0) is 128 Å². The van der Waals surface area contributed by atoms with Crippen molar-refractivity contribution in [2.24, 2.45) is 0 Å². The van der Waals surface area contributed by atoms with Gasteiger partial charge >= 0.3 is 39.5 Å². The van der Waals surface area contributed by atoms with E-state index in [9.17, 15) is 43.2 Å². The number of hydrogen-bond donors (Lipinski definition) is 3. The summed E-state index contributed by atoms with van der Waals surface area (Å²) in [5.74, 6) is -2.35. The minimum absolute atomic E-state index is 0.0883. The molecular formula is C89H148O17P2. The highest BCUT2D eigenvalue weighted by atomic mass is 31.2. The molecule has 108 heavy (non-hydrogen) atoms. The van der Waals surface area contributed by atoms with Gasteiger partial charge in [-0.2, -0.15) is 0 Å². The summed E-state index contributed by atoms with van der Waals surface area (Å²) in [5, 5.41) is 10.7. The molecule has 0 aliphatic heterocycles. The zero-order chi connectivity index (χ0) is 78.9. The number of carbonyl (C=O) groups excluding carboxylic acids is 4. The van der Waals surface area contributed by atoms with Crippen LogP contribution < -0.4 is 0 Å². The largest absolute Gasteiger partial charge is 0.472 e. The van der Waals surface area contributed by atoms with Gasteiger partial charge in [-0.1, -0.05) is 327 Å². The smallest absolute Gasteiger partial charge is 0.462 e. The van der Waals surface area contributed by atoms with Gasteiger partial charge < -0.3 is 33.8 Å². The topological polar surface area (TPSA) is 237 Å². The van der Waals surface area contributed by atoms with Crippen LogP contribution >= 0.6 is 15.6 Å². The first-order valence-corrected chi connectivity index (χ1v) is 44.7. The average molecular weight is 1550 g/mol. The molecule has 0 heterocycles. The van der Waals surface area contributed by atoms with Gasteiger partial charge in [0.25, 0.3) is 0 Å². The Balaban J connectivity index is 5.44. The quantitative estimate of drug-likeness (QED) is 0.0169. The molecule has 0 fully saturated rings. The number of phosphoric acid groups is 2. The maximum absolute atomic E-state index is 13.1. The summed E-state index contributed by atoms with van der Waals surface area (Å²) in [7, 11) is -10.0. The Labute approximate surface area is 655 Å². The number of aliphatic hydroxyl groups excluding tert-OH is 1. The van der Waals surface area contributed by atoms with E-state index >= 15 is 0 Å². The van der Waals surface area contributed by atoms with Crippen molar-refractivity contribution in [3.8, 4) is 0 Å². The third-order valence-corrected chi connectivity index (χ3v) is 18.9. The Bertz CT molecular complexity index is 2660. The Morgan fingerprint density at radius 1 is 0.278 bits per heavy atom. The van der Waals surface area contributed by atoms with Crippen molar-refractivity contribution in [3.05, 3.63) is 158 Å². The fourth-order valence-corrected chi connectivity index (χ4v) is 12.4. The van der Waals surface area contributed by atoms with Crippen LogP contribution in [0.2, 0.25) is 0 Å². The molecule has 0 radical (unpaired) electrons. The van der Waals surface area contributed by atoms with E-state index in [1.807, 2.05) is 12.2 Å². The maximum Gasteiger partial charge on any atom is 0.472 e. The highest BCUT2D eigenvalue weighted by molar-refractivity contribution is 7.47. The lowest BCUT2D eigenvalue weighted by atomic mass is 10.0. The van der Waals surface area contributed by atoms with E-state index in [4.69, 9.17) is 37.0 Å². The molecule has 0 amide bonds. The molecule has 0 aliphatic rings. The lowest BCUT2D eigenvalue weighted by Gasteiger charge is -2.21. The van der Waals surface area contributed by atoms with Crippen molar-refractivity contribution in [3.63, 3.8) is 0 Å². The first-order chi connectivity index (χ1) is 52.7. The second-order valence-electron chi connectivity index (χ2n) is 27.3. The molecule has 0 aliphatic carbocycles. The molecule has 17 nitrogen and oxygen atoms in total. The first kappa shape index (κ1) is 103. The lowest BCUT2D eigenvalue weighted by Crippen LogP contribution is -2.30. The summed E-state index contributed by atoms with van der Waals surface area (Å²) in [6.45, 7) is 4.42. The van der Waals surface area contributed by atoms with Crippen molar-refractivity contribution in [2.75, 3.05) is 39.6 Å². The molecule has 0 bridgehead atoms. The summed E-state index contributed by atoms with van der Waals surface area (Å²) in [4.78, 5) is 73.1. The molecule has 0 spiro atoms. The first-order valence-electron chi connectivity index (χ1n) is 41.7. The molecule has 0 saturated heterocycles. The fraction of sp³-hybridized carbons (Fsp3) is 0.663. The van der Waals surface area contributed by atoms with Gasteiger partial charge in [0.1, 0.15) is 19.3 Å². The molecule has 19 heteroatoms. The van der Waals surface area contributed by atoms with E-state index in [1.165, 1.54) is 64.2 Å². The second-order valence-corrected chi connectivity index (χ2v) is 30.2. The number of phosphoric ester groups is 2. The molecule has 3 N–H and O–H groups in total. The van der Waals surface area contributed by atoms with Gasteiger partial charge in [-0.3, -0.25) is 37.3 Å². The van der Waals surface area contributed by atoms with E-state index in [0.717, 1.165) is 180 Å². The molecule has 616 valence electrons. The molecule has 0 aromatic rings. The van der Waals surface area contributed by atoms with Crippen molar-refractivity contribution < 1.29 is 80.2 Å². The normalized spacial score (nSPS) is 14.6. The number of esters is 4. The lowest BCUT2D eigenvalue weighted by molar-refractivity contribution is -0.161.